The lowest BCUT2D eigenvalue weighted by Crippen LogP contribution is -2.50. The summed E-state index contributed by atoms with van der Waals surface area (Å²) in [5.41, 5.74) is 3.52. The Hall–Kier alpha value is -3.10. The zero-order valence-corrected chi connectivity index (χ0v) is 23.6. The van der Waals surface area contributed by atoms with Crippen molar-refractivity contribution in [3.8, 4) is 11.5 Å². The third kappa shape index (κ3) is 5.63. The van der Waals surface area contributed by atoms with Crippen molar-refractivity contribution in [3.05, 3.63) is 58.7 Å². The molecule has 1 fully saturated rings. The molecule has 2 aromatic rings. The second kappa shape index (κ2) is 12.4. The molecule has 3 heterocycles. The van der Waals surface area contributed by atoms with Gasteiger partial charge in [-0.25, -0.2) is 0 Å². The van der Waals surface area contributed by atoms with E-state index < -0.39 is 5.92 Å². The first-order chi connectivity index (χ1) is 19.0. The number of piperazine rings is 1. The molecular weight excluding hydrogens is 492 g/mol. The topological polar surface area (TPSA) is 74.4 Å². The highest BCUT2D eigenvalue weighted by molar-refractivity contribution is 6.01. The van der Waals surface area contributed by atoms with Crippen LogP contribution in [0.25, 0.3) is 0 Å². The molecule has 0 aromatic heterocycles. The van der Waals surface area contributed by atoms with E-state index in [-0.39, 0.29) is 17.9 Å². The minimum absolute atomic E-state index is 0.0108. The lowest BCUT2D eigenvalue weighted by atomic mass is 9.75. The van der Waals surface area contributed by atoms with E-state index in [9.17, 15) is 9.59 Å². The maximum absolute atomic E-state index is 13.9. The Balaban J connectivity index is 1.38. The van der Waals surface area contributed by atoms with E-state index in [0.29, 0.717) is 44.0 Å². The van der Waals surface area contributed by atoms with E-state index in [1.165, 1.54) is 0 Å². The maximum Gasteiger partial charge on any atom is 0.254 e. The summed E-state index contributed by atoms with van der Waals surface area (Å²) in [5, 5.41) is 3.23. The molecule has 1 saturated heterocycles. The number of carbonyl (C=O) groups is 2. The summed E-state index contributed by atoms with van der Waals surface area (Å²) >= 11 is 0. The molecule has 5 rings (SSSR count). The number of hydrogen-bond acceptors (Lipinski definition) is 6. The molecule has 3 aliphatic heterocycles. The van der Waals surface area contributed by atoms with E-state index in [1.54, 1.807) is 0 Å². The van der Waals surface area contributed by atoms with Gasteiger partial charge in [0.25, 0.3) is 5.91 Å². The van der Waals surface area contributed by atoms with Gasteiger partial charge >= 0.3 is 0 Å². The average Bonchev–Trinajstić information content (AvgIpc) is 2.96. The van der Waals surface area contributed by atoms with Crippen LogP contribution in [0.1, 0.15) is 66.2 Å². The molecule has 210 valence electrons. The lowest BCUT2D eigenvalue weighted by Gasteiger charge is -2.45. The van der Waals surface area contributed by atoms with Gasteiger partial charge in [0.1, 0.15) is 0 Å². The van der Waals surface area contributed by atoms with Gasteiger partial charge in [0.15, 0.2) is 11.5 Å². The summed E-state index contributed by atoms with van der Waals surface area (Å²) in [7, 11) is 0. The number of amides is 2. The number of benzene rings is 2. The highest BCUT2D eigenvalue weighted by Gasteiger charge is 2.46. The molecule has 1 N–H and O–H groups in total. The van der Waals surface area contributed by atoms with Crippen molar-refractivity contribution in [1.82, 2.24) is 20.0 Å². The summed E-state index contributed by atoms with van der Waals surface area (Å²) in [5.74, 6) is 0.853. The van der Waals surface area contributed by atoms with Crippen LogP contribution in [0.4, 0.5) is 0 Å². The van der Waals surface area contributed by atoms with Crippen LogP contribution < -0.4 is 14.8 Å². The first kappa shape index (κ1) is 27.5. The van der Waals surface area contributed by atoms with E-state index in [0.717, 1.165) is 68.1 Å². The van der Waals surface area contributed by atoms with Gasteiger partial charge in [0.05, 0.1) is 25.2 Å². The van der Waals surface area contributed by atoms with Gasteiger partial charge in [-0.3, -0.25) is 9.59 Å². The Labute approximate surface area is 232 Å². The standard InChI is InChI=1S/C31H42N4O4/c1-4-33-16-18-34(19-17-33)14-9-13-32-30(36)28-23-10-7-8-11-24(23)31(37)35-15-12-22-20-26(38-5-2)27(39-6-3)21-25(22)29(28)35/h7-8,10-11,20-21,28-29H,4-6,9,12-19H2,1-3H3,(H,32,36)/t28-,29-/m0/s1. The number of carbonyl (C=O) groups excluding carboxylic acids is 2. The third-order valence-corrected chi connectivity index (χ3v) is 8.33. The van der Waals surface area contributed by atoms with Crippen LogP contribution in [-0.4, -0.2) is 92.1 Å². The first-order valence-corrected chi connectivity index (χ1v) is 14.6. The fourth-order valence-corrected chi connectivity index (χ4v) is 6.31. The zero-order chi connectivity index (χ0) is 27.4. The molecule has 3 aliphatic rings. The number of fused-ring (bicyclic) bond motifs is 4. The quantitative estimate of drug-likeness (QED) is 0.471. The molecule has 0 spiro atoms. The highest BCUT2D eigenvalue weighted by Crippen LogP contribution is 2.48. The molecule has 8 nitrogen and oxygen atoms in total. The Bertz CT molecular complexity index is 1180. The van der Waals surface area contributed by atoms with E-state index >= 15 is 0 Å². The van der Waals surface area contributed by atoms with Gasteiger partial charge in [-0.2, -0.15) is 0 Å². The minimum atomic E-state index is -0.488. The number of rotatable bonds is 10. The second-order valence-corrected chi connectivity index (χ2v) is 10.5. The van der Waals surface area contributed by atoms with Crippen LogP contribution in [0, 0.1) is 0 Å². The molecule has 0 bridgehead atoms. The van der Waals surface area contributed by atoms with Crippen molar-refractivity contribution in [2.24, 2.45) is 0 Å². The molecule has 0 saturated carbocycles. The molecule has 2 atom stereocenters. The predicted octanol–water partition coefficient (Wildman–Crippen LogP) is 3.46. The second-order valence-electron chi connectivity index (χ2n) is 10.5. The molecule has 2 aromatic carbocycles. The fraction of sp³-hybridized carbons (Fsp3) is 0.548. The van der Waals surface area contributed by atoms with Gasteiger partial charge < -0.3 is 29.5 Å². The van der Waals surface area contributed by atoms with Crippen molar-refractivity contribution >= 4 is 11.8 Å². The van der Waals surface area contributed by atoms with Gasteiger partial charge in [0, 0.05) is 44.8 Å². The summed E-state index contributed by atoms with van der Waals surface area (Å²) in [6.07, 6.45) is 1.62. The zero-order valence-electron chi connectivity index (χ0n) is 23.6. The highest BCUT2D eigenvalue weighted by atomic mass is 16.5. The van der Waals surface area contributed by atoms with Gasteiger partial charge in [-0.15, -0.1) is 0 Å². The van der Waals surface area contributed by atoms with E-state index in [1.807, 2.05) is 55.1 Å². The van der Waals surface area contributed by atoms with Crippen LogP contribution >= 0.6 is 0 Å². The largest absolute Gasteiger partial charge is 0.490 e. The molecule has 2 amide bonds. The minimum Gasteiger partial charge on any atom is -0.490 e. The van der Waals surface area contributed by atoms with Crippen molar-refractivity contribution in [2.45, 2.75) is 45.6 Å². The number of likely N-dealkylation sites (N-methyl/N-ethyl adjacent to an activating group) is 1. The molecular formula is C31H42N4O4. The molecule has 0 unspecified atom stereocenters. The Kier molecular flexibility index (Phi) is 8.72. The first-order valence-electron chi connectivity index (χ1n) is 14.6. The normalized spacial score (nSPS) is 21.1. The Morgan fingerprint density at radius 2 is 1.62 bits per heavy atom. The van der Waals surface area contributed by atoms with Crippen LogP contribution in [0.2, 0.25) is 0 Å². The molecule has 0 aliphatic carbocycles. The van der Waals surface area contributed by atoms with E-state index in [4.69, 9.17) is 9.47 Å². The van der Waals surface area contributed by atoms with Crippen LogP contribution in [0.15, 0.2) is 36.4 Å². The third-order valence-electron chi connectivity index (χ3n) is 8.33. The van der Waals surface area contributed by atoms with Crippen LogP contribution in [0.3, 0.4) is 0 Å². The van der Waals surface area contributed by atoms with E-state index in [2.05, 4.69) is 22.0 Å². The summed E-state index contributed by atoms with van der Waals surface area (Å²) in [6, 6.07) is 11.2. The number of ether oxygens (including phenoxy) is 2. The van der Waals surface area contributed by atoms with Crippen molar-refractivity contribution < 1.29 is 19.1 Å². The molecule has 39 heavy (non-hydrogen) atoms. The summed E-state index contributed by atoms with van der Waals surface area (Å²) in [6.45, 7) is 14.8. The Morgan fingerprint density at radius 3 is 2.33 bits per heavy atom. The monoisotopic (exact) mass is 534 g/mol. The van der Waals surface area contributed by atoms with Crippen molar-refractivity contribution in [1.29, 1.82) is 0 Å². The predicted molar refractivity (Wildman–Crippen MR) is 152 cm³/mol. The van der Waals surface area contributed by atoms with Crippen LogP contribution in [-0.2, 0) is 11.2 Å². The smallest absolute Gasteiger partial charge is 0.254 e. The van der Waals surface area contributed by atoms with Gasteiger partial charge in [-0.1, -0.05) is 25.1 Å². The lowest BCUT2D eigenvalue weighted by molar-refractivity contribution is -0.124. The number of hydrogen-bond donors (Lipinski definition) is 1. The summed E-state index contributed by atoms with van der Waals surface area (Å²) in [4.78, 5) is 34.4. The number of nitrogens with one attached hydrogen (secondary N) is 1. The summed E-state index contributed by atoms with van der Waals surface area (Å²) < 4.78 is 11.8. The van der Waals surface area contributed by atoms with Gasteiger partial charge in [-0.05, 0) is 74.7 Å². The van der Waals surface area contributed by atoms with Crippen LogP contribution in [0.5, 0.6) is 11.5 Å². The van der Waals surface area contributed by atoms with Crippen molar-refractivity contribution in [2.75, 3.05) is 65.6 Å². The molecule has 8 heteroatoms. The van der Waals surface area contributed by atoms with Crippen molar-refractivity contribution in [3.63, 3.8) is 0 Å². The molecule has 0 radical (unpaired) electrons. The van der Waals surface area contributed by atoms with Gasteiger partial charge in [0.2, 0.25) is 5.91 Å². The number of nitrogens with zero attached hydrogens (tertiary/aromatic N) is 3. The maximum atomic E-state index is 13.9. The fourth-order valence-electron chi connectivity index (χ4n) is 6.31. The Morgan fingerprint density at radius 1 is 0.923 bits per heavy atom. The average molecular weight is 535 g/mol. The SMILES string of the molecule is CCOc1cc2c(cc1OCC)[C@H]1[C@@H](C(=O)NCCCN3CCN(CC)CC3)c3ccccc3C(=O)N1CC2.